The number of hydrogen-bond donors (Lipinski definition) is 1. The molecule has 0 unspecified atom stereocenters. The molecule has 0 aliphatic heterocycles. The Hall–Kier alpha value is -1.56. The zero-order valence-electron chi connectivity index (χ0n) is 8.27. The van der Waals surface area contributed by atoms with E-state index in [4.69, 9.17) is 4.74 Å². The quantitative estimate of drug-likeness (QED) is 0.864. The van der Waals surface area contributed by atoms with Crippen molar-refractivity contribution in [3.63, 3.8) is 0 Å². The molecule has 0 radical (unpaired) electrons. The number of carbonyl (C=O) groups excluding carboxylic acids is 1. The van der Waals surface area contributed by atoms with Gasteiger partial charge in [0.25, 0.3) is 0 Å². The van der Waals surface area contributed by atoms with E-state index in [0.29, 0.717) is 13.2 Å². The fraction of sp³-hybridized carbons (Fsp3) is 0.333. The number of aromatic nitrogens is 2. The topological polar surface area (TPSA) is 55.6 Å². The average molecular weight is 225 g/mol. The summed E-state index contributed by atoms with van der Waals surface area (Å²) in [5.74, 6) is 0. The van der Waals surface area contributed by atoms with Crippen LogP contribution in [-0.4, -0.2) is 22.1 Å². The van der Waals surface area contributed by atoms with Crippen LogP contribution in [0.3, 0.4) is 0 Å². The molecule has 5 nitrogen and oxygen atoms in total. The number of imidazole rings is 1. The van der Waals surface area contributed by atoms with Crippen molar-refractivity contribution in [2.75, 3.05) is 6.61 Å². The highest BCUT2D eigenvalue weighted by atomic mass is 32.1. The summed E-state index contributed by atoms with van der Waals surface area (Å²) in [6.45, 7) is 2.55. The molecule has 6 heteroatoms. The van der Waals surface area contributed by atoms with Crippen LogP contribution in [0.15, 0.2) is 17.8 Å². The first kappa shape index (κ1) is 9.97. The molecule has 80 valence electrons. The molecule has 1 amide bonds. The molecule has 0 aliphatic rings. The predicted molar refractivity (Wildman–Crippen MR) is 56.9 cm³/mol. The van der Waals surface area contributed by atoms with Gasteiger partial charge in [-0.25, -0.2) is 9.78 Å². The highest BCUT2D eigenvalue weighted by Crippen LogP contribution is 2.10. The second-order valence-corrected chi connectivity index (χ2v) is 3.77. The number of fused-ring (bicyclic) bond motifs is 1. The van der Waals surface area contributed by atoms with Crippen LogP contribution in [0, 0.1) is 0 Å². The van der Waals surface area contributed by atoms with E-state index in [0.717, 1.165) is 10.7 Å². The van der Waals surface area contributed by atoms with Gasteiger partial charge in [-0.2, -0.15) is 0 Å². The van der Waals surface area contributed by atoms with E-state index in [-0.39, 0.29) is 0 Å². The summed E-state index contributed by atoms with van der Waals surface area (Å²) in [6.07, 6.45) is 3.41. The van der Waals surface area contributed by atoms with Crippen molar-refractivity contribution in [2.24, 2.45) is 0 Å². The molecule has 2 aromatic heterocycles. The molecular weight excluding hydrogens is 214 g/mol. The van der Waals surface area contributed by atoms with Crippen LogP contribution >= 0.6 is 11.3 Å². The van der Waals surface area contributed by atoms with E-state index in [1.165, 1.54) is 0 Å². The molecule has 2 aromatic rings. The highest BCUT2D eigenvalue weighted by molar-refractivity contribution is 7.15. The number of nitrogens with zero attached hydrogens (tertiary/aromatic N) is 2. The molecule has 0 aliphatic carbocycles. The van der Waals surface area contributed by atoms with E-state index in [2.05, 4.69) is 10.3 Å². The average Bonchev–Trinajstić information content (AvgIpc) is 2.74. The first-order chi connectivity index (χ1) is 7.29. The molecule has 2 rings (SSSR count). The third-order valence-electron chi connectivity index (χ3n) is 1.83. The summed E-state index contributed by atoms with van der Waals surface area (Å²) < 4.78 is 6.66. The third-order valence-corrected chi connectivity index (χ3v) is 2.60. The largest absolute Gasteiger partial charge is 0.450 e. The Morgan fingerprint density at radius 3 is 3.33 bits per heavy atom. The van der Waals surface area contributed by atoms with E-state index < -0.39 is 6.09 Å². The van der Waals surface area contributed by atoms with Crippen molar-refractivity contribution in [2.45, 2.75) is 13.5 Å². The lowest BCUT2D eigenvalue weighted by Gasteiger charge is -2.01. The van der Waals surface area contributed by atoms with Gasteiger partial charge in [0.2, 0.25) is 0 Å². The van der Waals surface area contributed by atoms with Gasteiger partial charge < -0.3 is 10.1 Å². The van der Waals surface area contributed by atoms with Gasteiger partial charge in [0, 0.05) is 17.8 Å². The number of thiazole rings is 1. The highest BCUT2D eigenvalue weighted by Gasteiger charge is 2.04. The summed E-state index contributed by atoms with van der Waals surface area (Å²) >= 11 is 1.56. The molecule has 0 fully saturated rings. The van der Waals surface area contributed by atoms with Crippen molar-refractivity contribution < 1.29 is 9.53 Å². The number of amides is 1. The molecule has 0 spiro atoms. The lowest BCUT2D eigenvalue weighted by Crippen LogP contribution is -2.23. The van der Waals surface area contributed by atoms with Crippen LogP contribution in [-0.2, 0) is 11.3 Å². The number of nitrogens with one attached hydrogen (secondary N) is 1. The summed E-state index contributed by atoms with van der Waals surface area (Å²) in [5.41, 5.74) is 0.829. The molecule has 0 bridgehead atoms. The van der Waals surface area contributed by atoms with Gasteiger partial charge in [0.15, 0.2) is 4.96 Å². The Bertz CT molecular complexity index is 434. The molecule has 0 saturated heterocycles. The SMILES string of the molecule is CCOC(=O)NCc1cn2ccsc2n1. The molecule has 0 aromatic carbocycles. The van der Waals surface area contributed by atoms with Crippen LogP contribution < -0.4 is 5.32 Å². The Balaban J connectivity index is 1.95. The first-order valence-electron chi connectivity index (χ1n) is 4.61. The van der Waals surface area contributed by atoms with E-state index in [1.807, 2.05) is 22.2 Å². The Kier molecular flexibility index (Phi) is 2.86. The zero-order chi connectivity index (χ0) is 10.7. The maximum absolute atomic E-state index is 11.0. The second kappa shape index (κ2) is 4.31. The number of rotatable bonds is 3. The van der Waals surface area contributed by atoms with Crippen molar-refractivity contribution in [3.05, 3.63) is 23.5 Å². The van der Waals surface area contributed by atoms with Crippen molar-refractivity contribution in [1.29, 1.82) is 0 Å². The van der Waals surface area contributed by atoms with Crippen molar-refractivity contribution in [1.82, 2.24) is 14.7 Å². The number of carbonyl (C=O) groups is 1. The third kappa shape index (κ3) is 2.27. The van der Waals surface area contributed by atoms with Crippen LogP contribution in [0.2, 0.25) is 0 Å². The number of hydrogen-bond acceptors (Lipinski definition) is 4. The minimum atomic E-state index is -0.408. The van der Waals surface area contributed by atoms with Gasteiger partial charge in [-0.05, 0) is 6.92 Å². The maximum Gasteiger partial charge on any atom is 0.407 e. The van der Waals surface area contributed by atoms with Crippen LogP contribution in [0.25, 0.3) is 4.96 Å². The first-order valence-corrected chi connectivity index (χ1v) is 5.49. The van der Waals surface area contributed by atoms with Gasteiger partial charge in [0.05, 0.1) is 18.8 Å². The standard InChI is InChI=1S/C9H11N3O2S/c1-2-14-9(13)10-5-7-6-12-3-4-15-8(12)11-7/h3-4,6H,2,5H2,1H3,(H,10,13). The van der Waals surface area contributed by atoms with E-state index in [1.54, 1.807) is 18.3 Å². The molecule has 0 atom stereocenters. The summed E-state index contributed by atoms with van der Waals surface area (Å²) in [5, 5.41) is 4.58. The monoisotopic (exact) mass is 225 g/mol. The lowest BCUT2D eigenvalue weighted by molar-refractivity contribution is 0.151. The Morgan fingerprint density at radius 1 is 1.73 bits per heavy atom. The fourth-order valence-electron chi connectivity index (χ4n) is 1.21. The van der Waals surface area contributed by atoms with Crippen LogP contribution in [0.5, 0.6) is 0 Å². The molecule has 1 N–H and O–H groups in total. The van der Waals surface area contributed by atoms with Crippen LogP contribution in [0.4, 0.5) is 4.79 Å². The van der Waals surface area contributed by atoms with Crippen LogP contribution in [0.1, 0.15) is 12.6 Å². The Morgan fingerprint density at radius 2 is 2.60 bits per heavy atom. The van der Waals surface area contributed by atoms with E-state index in [9.17, 15) is 4.79 Å². The fourth-order valence-corrected chi connectivity index (χ4v) is 1.93. The predicted octanol–water partition coefficient (Wildman–Crippen LogP) is 1.64. The minimum Gasteiger partial charge on any atom is -0.450 e. The van der Waals surface area contributed by atoms with Gasteiger partial charge in [0.1, 0.15) is 0 Å². The van der Waals surface area contributed by atoms with Crippen molar-refractivity contribution in [3.8, 4) is 0 Å². The summed E-state index contributed by atoms with van der Waals surface area (Å²) in [7, 11) is 0. The Labute approximate surface area is 90.7 Å². The van der Waals surface area contributed by atoms with Gasteiger partial charge >= 0.3 is 6.09 Å². The smallest absolute Gasteiger partial charge is 0.407 e. The van der Waals surface area contributed by atoms with Gasteiger partial charge in [-0.3, -0.25) is 4.40 Å². The normalized spacial score (nSPS) is 10.5. The zero-order valence-corrected chi connectivity index (χ0v) is 9.08. The molecule has 2 heterocycles. The van der Waals surface area contributed by atoms with Crippen molar-refractivity contribution >= 4 is 22.4 Å². The lowest BCUT2D eigenvalue weighted by atomic mass is 10.5. The molecule has 0 saturated carbocycles. The number of alkyl carbamates (subject to hydrolysis) is 1. The van der Waals surface area contributed by atoms with Gasteiger partial charge in [-0.15, -0.1) is 11.3 Å². The molecule has 15 heavy (non-hydrogen) atoms. The summed E-state index contributed by atoms with van der Waals surface area (Å²) in [4.78, 5) is 16.2. The summed E-state index contributed by atoms with van der Waals surface area (Å²) in [6, 6.07) is 0. The number of ether oxygens (including phenoxy) is 1. The minimum absolute atomic E-state index is 0.379. The van der Waals surface area contributed by atoms with E-state index >= 15 is 0 Å². The second-order valence-electron chi connectivity index (χ2n) is 2.90. The van der Waals surface area contributed by atoms with Gasteiger partial charge in [-0.1, -0.05) is 0 Å². The maximum atomic E-state index is 11.0. The molecular formula is C9H11N3O2S.